The standard InChI is InChI=1S/C12H18N6/c1-3-18-8(2)16-17-10(18)9-7-14-11(15-9)12(13)5-4-6-12/h7H,3-6,13H2,1-2H3,(H,14,15). The van der Waals surface area contributed by atoms with Gasteiger partial charge in [-0.2, -0.15) is 0 Å². The molecule has 3 rings (SSSR count). The lowest BCUT2D eigenvalue weighted by Crippen LogP contribution is -2.44. The van der Waals surface area contributed by atoms with Gasteiger partial charge in [0.15, 0.2) is 5.82 Å². The van der Waals surface area contributed by atoms with Gasteiger partial charge in [0.25, 0.3) is 0 Å². The molecule has 18 heavy (non-hydrogen) atoms. The highest BCUT2D eigenvalue weighted by Gasteiger charge is 2.37. The molecule has 1 aliphatic rings. The second-order valence-corrected chi connectivity index (χ2v) is 4.97. The SMILES string of the molecule is CCn1c(C)nnc1-c1cnc(C2(N)CCC2)[nH]1. The Kier molecular flexibility index (Phi) is 2.48. The first-order valence-corrected chi connectivity index (χ1v) is 6.38. The third kappa shape index (κ3) is 1.56. The van der Waals surface area contributed by atoms with E-state index in [0.717, 1.165) is 42.6 Å². The van der Waals surface area contributed by atoms with Crippen molar-refractivity contribution < 1.29 is 0 Å². The molecule has 6 nitrogen and oxygen atoms in total. The topological polar surface area (TPSA) is 85.4 Å². The van der Waals surface area contributed by atoms with E-state index in [1.165, 1.54) is 6.42 Å². The van der Waals surface area contributed by atoms with Gasteiger partial charge in [-0.05, 0) is 33.1 Å². The average Bonchev–Trinajstić information content (AvgIpc) is 2.92. The predicted octanol–water partition coefficient (Wildman–Crippen LogP) is 1.33. The van der Waals surface area contributed by atoms with Gasteiger partial charge >= 0.3 is 0 Å². The number of H-pyrrole nitrogens is 1. The summed E-state index contributed by atoms with van der Waals surface area (Å²) in [5.74, 6) is 2.61. The summed E-state index contributed by atoms with van der Waals surface area (Å²) in [5, 5.41) is 8.30. The number of hydrogen-bond donors (Lipinski definition) is 2. The molecule has 1 fully saturated rings. The lowest BCUT2D eigenvalue weighted by Gasteiger charge is -2.35. The molecular weight excluding hydrogens is 228 g/mol. The minimum atomic E-state index is -0.260. The number of hydrogen-bond acceptors (Lipinski definition) is 4. The minimum Gasteiger partial charge on any atom is -0.338 e. The fraction of sp³-hybridized carbons (Fsp3) is 0.583. The Morgan fingerprint density at radius 3 is 2.83 bits per heavy atom. The van der Waals surface area contributed by atoms with Crippen LogP contribution in [0.2, 0.25) is 0 Å². The van der Waals surface area contributed by atoms with Crippen LogP contribution in [0.1, 0.15) is 37.8 Å². The summed E-state index contributed by atoms with van der Waals surface area (Å²) >= 11 is 0. The monoisotopic (exact) mass is 246 g/mol. The second-order valence-electron chi connectivity index (χ2n) is 4.97. The highest BCUT2D eigenvalue weighted by Crippen LogP contribution is 2.37. The molecule has 0 unspecified atom stereocenters. The van der Waals surface area contributed by atoms with Gasteiger partial charge in [0.1, 0.15) is 17.3 Å². The van der Waals surface area contributed by atoms with Crippen molar-refractivity contribution in [1.29, 1.82) is 0 Å². The molecule has 0 radical (unpaired) electrons. The van der Waals surface area contributed by atoms with Crippen LogP contribution in [0.15, 0.2) is 6.20 Å². The maximum absolute atomic E-state index is 6.25. The zero-order valence-electron chi connectivity index (χ0n) is 10.8. The van der Waals surface area contributed by atoms with Crippen LogP contribution in [0.25, 0.3) is 11.5 Å². The fourth-order valence-corrected chi connectivity index (χ4v) is 2.44. The van der Waals surface area contributed by atoms with Crippen molar-refractivity contribution in [3.63, 3.8) is 0 Å². The third-order valence-electron chi connectivity index (χ3n) is 3.79. The van der Waals surface area contributed by atoms with E-state index in [1.807, 2.05) is 6.92 Å². The fourth-order valence-electron chi connectivity index (χ4n) is 2.44. The number of aryl methyl sites for hydroxylation is 1. The minimum absolute atomic E-state index is 0.260. The highest BCUT2D eigenvalue weighted by atomic mass is 15.3. The first-order chi connectivity index (χ1) is 8.64. The molecule has 0 atom stereocenters. The molecule has 0 bridgehead atoms. The van der Waals surface area contributed by atoms with E-state index >= 15 is 0 Å². The van der Waals surface area contributed by atoms with Crippen LogP contribution in [-0.2, 0) is 12.1 Å². The summed E-state index contributed by atoms with van der Waals surface area (Å²) in [6.45, 7) is 4.87. The molecule has 0 amide bonds. The van der Waals surface area contributed by atoms with E-state index in [0.29, 0.717) is 0 Å². The molecule has 0 aliphatic heterocycles. The normalized spacial score (nSPS) is 17.7. The van der Waals surface area contributed by atoms with Crippen molar-refractivity contribution >= 4 is 0 Å². The van der Waals surface area contributed by atoms with Gasteiger partial charge in [0.2, 0.25) is 0 Å². The van der Waals surface area contributed by atoms with Crippen molar-refractivity contribution in [2.45, 2.75) is 45.2 Å². The van der Waals surface area contributed by atoms with Gasteiger partial charge in [0, 0.05) is 6.54 Å². The Labute approximate surface area is 106 Å². The summed E-state index contributed by atoms with van der Waals surface area (Å²) in [7, 11) is 0. The van der Waals surface area contributed by atoms with Crippen molar-refractivity contribution in [3.8, 4) is 11.5 Å². The Hall–Kier alpha value is -1.69. The first kappa shape index (κ1) is 11.4. The van der Waals surface area contributed by atoms with Crippen LogP contribution in [-0.4, -0.2) is 24.7 Å². The number of aromatic amines is 1. The molecule has 6 heteroatoms. The summed E-state index contributed by atoms with van der Waals surface area (Å²) in [6.07, 6.45) is 4.98. The van der Waals surface area contributed by atoms with E-state index in [1.54, 1.807) is 6.20 Å². The molecule has 0 saturated heterocycles. The van der Waals surface area contributed by atoms with Crippen molar-refractivity contribution in [3.05, 3.63) is 17.8 Å². The lowest BCUT2D eigenvalue weighted by molar-refractivity contribution is 0.240. The van der Waals surface area contributed by atoms with Crippen LogP contribution in [0.5, 0.6) is 0 Å². The van der Waals surface area contributed by atoms with Crippen molar-refractivity contribution in [2.24, 2.45) is 5.73 Å². The number of nitrogens with two attached hydrogens (primary N) is 1. The average molecular weight is 246 g/mol. The maximum atomic E-state index is 6.25. The van der Waals surface area contributed by atoms with E-state index in [2.05, 4.69) is 31.7 Å². The summed E-state index contributed by atoms with van der Waals surface area (Å²) in [5.41, 5.74) is 6.89. The Morgan fingerprint density at radius 1 is 1.44 bits per heavy atom. The van der Waals surface area contributed by atoms with Crippen LogP contribution in [0.3, 0.4) is 0 Å². The summed E-state index contributed by atoms with van der Waals surface area (Å²) in [4.78, 5) is 7.71. The smallest absolute Gasteiger partial charge is 0.182 e. The highest BCUT2D eigenvalue weighted by molar-refractivity contribution is 5.49. The molecule has 2 aromatic rings. The molecule has 2 heterocycles. The van der Waals surface area contributed by atoms with Gasteiger partial charge in [0.05, 0.1) is 11.7 Å². The zero-order chi connectivity index (χ0) is 12.8. The number of imidazole rings is 1. The number of nitrogens with one attached hydrogen (secondary N) is 1. The maximum Gasteiger partial charge on any atom is 0.182 e. The quantitative estimate of drug-likeness (QED) is 0.855. The van der Waals surface area contributed by atoms with Gasteiger partial charge in [-0.1, -0.05) is 0 Å². The Balaban J connectivity index is 1.97. The van der Waals surface area contributed by atoms with E-state index in [-0.39, 0.29) is 5.54 Å². The van der Waals surface area contributed by atoms with Gasteiger partial charge in [-0.15, -0.1) is 10.2 Å². The van der Waals surface area contributed by atoms with Crippen molar-refractivity contribution in [2.75, 3.05) is 0 Å². The molecule has 0 aromatic carbocycles. The number of nitrogens with zero attached hydrogens (tertiary/aromatic N) is 4. The van der Waals surface area contributed by atoms with Gasteiger partial charge in [-0.25, -0.2) is 4.98 Å². The molecule has 2 aromatic heterocycles. The molecule has 96 valence electrons. The lowest BCUT2D eigenvalue weighted by atomic mass is 9.77. The molecule has 3 N–H and O–H groups in total. The number of aromatic nitrogens is 5. The molecule has 1 saturated carbocycles. The second kappa shape index (κ2) is 3.91. The summed E-state index contributed by atoms with van der Waals surface area (Å²) in [6, 6.07) is 0. The van der Waals surface area contributed by atoms with E-state index in [9.17, 15) is 0 Å². The van der Waals surface area contributed by atoms with Crippen molar-refractivity contribution in [1.82, 2.24) is 24.7 Å². The summed E-state index contributed by atoms with van der Waals surface area (Å²) < 4.78 is 2.06. The van der Waals surface area contributed by atoms with E-state index in [4.69, 9.17) is 5.73 Å². The van der Waals surface area contributed by atoms with Crippen LogP contribution in [0, 0.1) is 6.92 Å². The van der Waals surface area contributed by atoms with Crippen LogP contribution >= 0.6 is 0 Å². The molecular formula is C12H18N6. The molecule has 1 aliphatic carbocycles. The van der Waals surface area contributed by atoms with Crippen LogP contribution in [0.4, 0.5) is 0 Å². The largest absolute Gasteiger partial charge is 0.338 e. The zero-order valence-corrected chi connectivity index (χ0v) is 10.8. The number of rotatable bonds is 3. The van der Waals surface area contributed by atoms with Gasteiger partial charge in [-0.3, -0.25) is 0 Å². The molecule has 0 spiro atoms. The predicted molar refractivity (Wildman–Crippen MR) is 67.7 cm³/mol. The first-order valence-electron chi connectivity index (χ1n) is 6.38. The Morgan fingerprint density at radius 2 is 2.22 bits per heavy atom. The van der Waals surface area contributed by atoms with Crippen LogP contribution < -0.4 is 5.73 Å². The van der Waals surface area contributed by atoms with Gasteiger partial charge < -0.3 is 15.3 Å². The third-order valence-corrected chi connectivity index (χ3v) is 3.79. The Bertz CT molecular complexity index is 563. The van der Waals surface area contributed by atoms with E-state index < -0.39 is 0 Å².